The SMILES string of the molecule is CCCC1(C)CC1C1C(C)C1(C)C. The van der Waals surface area contributed by atoms with Gasteiger partial charge in [0.15, 0.2) is 0 Å². The van der Waals surface area contributed by atoms with Gasteiger partial charge in [-0.2, -0.15) is 0 Å². The molecule has 76 valence electrons. The molecular weight excluding hydrogens is 156 g/mol. The highest BCUT2D eigenvalue weighted by molar-refractivity contribution is 5.15. The third-order valence-corrected chi connectivity index (χ3v) is 5.14. The van der Waals surface area contributed by atoms with Gasteiger partial charge in [-0.15, -0.1) is 0 Å². The largest absolute Gasteiger partial charge is 0.0654 e. The summed E-state index contributed by atoms with van der Waals surface area (Å²) in [6.45, 7) is 12.2. The lowest BCUT2D eigenvalue weighted by molar-refractivity contribution is 0.397. The van der Waals surface area contributed by atoms with Gasteiger partial charge in [-0.05, 0) is 41.4 Å². The molecule has 0 N–H and O–H groups in total. The van der Waals surface area contributed by atoms with Crippen LogP contribution in [0.25, 0.3) is 0 Å². The zero-order chi connectivity index (χ0) is 9.85. The van der Waals surface area contributed by atoms with E-state index in [1.54, 1.807) is 0 Å². The minimum atomic E-state index is 0.663. The molecule has 0 heterocycles. The van der Waals surface area contributed by atoms with E-state index >= 15 is 0 Å². The summed E-state index contributed by atoms with van der Waals surface area (Å²) in [4.78, 5) is 0. The summed E-state index contributed by atoms with van der Waals surface area (Å²) < 4.78 is 0. The molecule has 4 atom stereocenters. The summed E-state index contributed by atoms with van der Waals surface area (Å²) in [5.41, 5.74) is 1.40. The molecule has 0 amide bonds. The molecule has 0 spiro atoms. The van der Waals surface area contributed by atoms with Crippen LogP contribution in [0.4, 0.5) is 0 Å². The first-order valence-electron chi connectivity index (χ1n) is 5.93. The van der Waals surface area contributed by atoms with Gasteiger partial charge in [-0.1, -0.05) is 41.0 Å². The Morgan fingerprint density at radius 2 is 1.77 bits per heavy atom. The van der Waals surface area contributed by atoms with Crippen molar-refractivity contribution in [3.63, 3.8) is 0 Å². The predicted molar refractivity (Wildman–Crippen MR) is 57.6 cm³/mol. The summed E-state index contributed by atoms with van der Waals surface area (Å²) in [6.07, 6.45) is 4.34. The van der Waals surface area contributed by atoms with Crippen molar-refractivity contribution in [2.45, 2.75) is 53.9 Å². The predicted octanol–water partition coefficient (Wildman–Crippen LogP) is 4.10. The Balaban J connectivity index is 1.94. The minimum Gasteiger partial charge on any atom is -0.0654 e. The van der Waals surface area contributed by atoms with E-state index in [-0.39, 0.29) is 0 Å². The van der Waals surface area contributed by atoms with Gasteiger partial charge in [0.25, 0.3) is 0 Å². The van der Waals surface area contributed by atoms with Gasteiger partial charge in [0.05, 0.1) is 0 Å². The first-order chi connectivity index (χ1) is 5.93. The van der Waals surface area contributed by atoms with Crippen molar-refractivity contribution in [2.24, 2.45) is 28.6 Å². The highest BCUT2D eigenvalue weighted by Gasteiger charge is 2.67. The lowest BCUT2D eigenvalue weighted by atomic mass is 9.95. The van der Waals surface area contributed by atoms with Crippen LogP contribution in [0.15, 0.2) is 0 Å². The highest BCUT2D eigenvalue weighted by Crippen LogP contribution is 2.73. The van der Waals surface area contributed by atoms with Crippen molar-refractivity contribution in [3.05, 3.63) is 0 Å². The van der Waals surface area contributed by atoms with Crippen molar-refractivity contribution in [1.82, 2.24) is 0 Å². The van der Waals surface area contributed by atoms with Crippen molar-refractivity contribution < 1.29 is 0 Å². The molecule has 2 aliphatic carbocycles. The van der Waals surface area contributed by atoms with Crippen molar-refractivity contribution in [1.29, 1.82) is 0 Å². The van der Waals surface area contributed by atoms with E-state index in [2.05, 4.69) is 34.6 Å². The normalized spacial score (nSPS) is 51.9. The Hall–Kier alpha value is 0. The Morgan fingerprint density at radius 1 is 1.23 bits per heavy atom. The first-order valence-corrected chi connectivity index (χ1v) is 5.93. The Morgan fingerprint density at radius 3 is 2.15 bits per heavy atom. The van der Waals surface area contributed by atoms with Crippen molar-refractivity contribution in [3.8, 4) is 0 Å². The van der Waals surface area contributed by atoms with Crippen LogP contribution in [0, 0.1) is 28.6 Å². The lowest BCUT2D eigenvalue weighted by Crippen LogP contribution is -2.02. The van der Waals surface area contributed by atoms with E-state index in [0.29, 0.717) is 5.41 Å². The fourth-order valence-corrected chi connectivity index (χ4v) is 3.67. The third kappa shape index (κ3) is 1.25. The van der Waals surface area contributed by atoms with Crippen molar-refractivity contribution >= 4 is 0 Å². The van der Waals surface area contributed by atoms with E-state index in [4.69, 9.17) is 0 Å². The van der Waals surface area contributed by atoms with E-state index < -0.39 is 0 Å². The van der Waals surface area contributed by atoms with E-state index in [1.807, 2.05) is 0 Å². The summed E-state index contributed by atoms with van der Waals surface area (Å²) in [7, 11) is 0. The molecule has 0 saturated heterocycles. The maximum Gasteiger partial charge on any atom is -0.0292 e. The van der Waals surface area contributed by atoms with Crippen molar-refractivity contribution in [2.75, 3.05) is 0 Å². The first kappa shape index (κ1) is 9.55. The molecule has 4 unspecified atom stereocenters. The molecule has 2 fully saturated rings. The quantitative estimate of drug-likeness (QED) is 0.613. The van der Waals surface area contributed by atoms with Crippen LogP contribution < -0.4 is 0 Å². The average Bonchev–Trinajstić information content (AvgIpc) is 2.75. The van der Waals surface area contributed by atoms with Gasteiger partial charge in [-0.3, -0.25) is 0 Å². The maximum atomic E-state index is 2.50. The summed E-state index contributed by atoms with van der Waals surface area (Å²) >= 11 is 0. The third-order valence-electron chi connectivity index (χ3n) is 5.14. The summed E-state index contributed by atoms with van der Waals surface area (Å²) in [5.74, 6) is 3.10. The number of rotatable bonds is 3. The van der Waals surface area contributed by atoms with Crippen LogP contribution in [0.3, 0.4) is 0 Å². The zero-order valence-electron chi connectivity index (χ0n) is 9.85. The molecule has 2 aliphatic rings. The number of hydrogen-bond acceptors (Lipinski definition) is 0. The molecule has 2 rings (SSSR count). The van der Waals surface area contributed by atoms with Gasteiger partial charge in [0.1, 0.15) is 0 Å². The molecule has 0 aromatic carbocycles. The molecular formula is C13H24. The molecule has 0 heteroatoms. The van der Waals surface area contributed by atoms with Crippen LogP contribution in [-0.2, 0) is 0 Å². The molecule has 0 bridgehead atoms. The van der Waals surface area contributed by atoms with Crippen LogP contribution >= 0.6 is 0 Å². The Labute approximate surface area is 83.1 Å². The van der Waals surface area contributed by atoms with E-state index in [0.717, 1.165) is 23.2 Å². The molecule has 0 aromatic rings. The van der Waals surface area contributed by atoms with Gasteiger partial charge >= 0.3 is 0 Å². The molecule has 13 heavy (non-hydrogen) atoms. The van der Waals surface area contributed by atoms with Gasteiger partial charge < -0.3 is 0 Å². The number of hydrogen-bond donors (Lipinski definition) is 0. The molecule has 0 aromatic heterocycles. The fourth-order valence-electron chi connectivity index (χ4n) is 3.67. The summed E-state index contributed by atoms with van der Waals surface area (Å²) in [5, 5.41) is 0. The lowest BCUT2D eigenvalue weighted by Gasteiger charge is -2.10. The summed E-state index contributed by atoms with van der Waals surface area (Å²) in [6, 6.07) is 0. The van der Waals surface area contributed by atoms with Gasteiger partial charge in [-0.25, -0.2) is 0 Å². The monoisotopic (exact) mass is 180 g/mol. The Kier molecular flexibility index (Phi) is 1.85. The molecule has 0 radical (unpaired) electrons. The zero-order valence-corrected chi connectivity index (χ0v) is 9.85. The van der Waals surface area contributed by atoms with E-state index in [1.165, 1.54) is 19.3 Å². The van der Waals surface area contributed by atoms with Gasteiger partial charge in [0.2, 0.25) is 0 Å². The van der Waals surface area contributed by atoms with Gasteiger partial charge in [0, 0.05) is 0 Å². The van der Waals surface area contributed by atoms with Crippen LogP contribution in [-0.4, -0.2) is 0 Å². The van der Waals surface area contributed by atoms with Crippen LogP contribution in [0.5, 0.6) is 0 Å². The molecule has 2 saturated carbocycles. The minimum absolute atomic E-state index is 0.663. The second-order valence-corrected chi connectivity index (χ2v) is 6.35. The smallest absolute Gasteiger partial charge is 0.0292 e. The maximum absolute atomic E-state index is 2.50. The highest BCUT2D eigenvalue weighted by atomic mass is 14.7. The topological polar surface area (TPSA) is 0 Å². The Bertz CT molecular complexity index is 216. The van der Waals surface area contributed by atoms with Crippen LogP contribution in [0.1, 0.15) is 53.9 Å². The van der Waals surface area contributed by atoms with E-state index in [9.17, 15) is 0 Å². The second kappa shape index (κ2) is 2.52. The molecule has 0 nitrogen and oxygen atoms in total. The van der Waals surface area contributed by atoms with Crippen LogP contribution in [0.2, 0.25) is 0 Å². The molecule has 0 aliphatic heterocycles. The fraction of sp³-hybridized carbons (Fsp3) is 1.00. The standard InChI is InChI=1S/C13H24/c1-6-7-13(5)8-10(13)11-9(2)12(11,3)4/h9-11H,6-8H2,1-5H3. The second-order valence-electron chi connectivity index (χ2n) is 6.35. The average molecular weight is 180 g/mol.